The van der Waals surface area contributed by atoms with Crippen molar-refractivity contribution in [3.63, 3.8) is 0 Å². The van der Waals surface area contributed by atoms with Gasteiger partial charge in [-0.1, -0.05) is 6.92 Å². The van der Waals surface area contributed by atoms with E-state index >= 15 is 0 Å². The number of rotatable bonds is 10. The highest BCUT2D eigenvalue weighted by atomic mass is 16.5. The van der Waals surface area contributed by atoms with Gasteiger partial charge >= 0.3 is 0 Å². The topological polar surface area (TPSA) is 83.6 Å². The summed E-state index contributed by atoms with van der Waals surface area (Å²) in [5.41, 5.74) is 2.80. The van der Waals surface area contributed by atoms with Crippen molar-refractivity contribution in [2.75, 3.05) is 43.1 Å². The van der Waals surface area contributed by atoms with Crippen LogP contribution in [-0.4, -0.2) is 49.6 Å². The van der Waals surface area contributed by atoms with Gasteiger partial charge in [0, 0.05) is 56.8 Å². The molecule has 0 saturated carbocycles. The van der Waals surface area contributed by atoms with Crippen molar-refractivity contribution in [2.24, 2.45) is 5.92 Å². The maximum Gasteiger partial charge on any atom is 0.224 e. The number of ether oxygens (including phenoxy) is 1. The molecular weight excluding hydrogens is 404 g/mol. The van der Waals surface area contributed by atoms with Gasteiger partial charge in [-0.3, -0.25) is 9.59 Å². The molecule has 174 valence electrons. The number of aryl methyl sites for hydroxylation is 1. The average Bonchev–Trinajstić information content (AvgIpc) is 2.78. The molecule has 2 aromatic rings. The lowest BCUT2D eigenvalue weighted by molar-refractivity contribution is -0.124. The van der Waals surface area contributed by atoms with E-state index in [0.29, 0.717) is 19.8 Å². The molecule has 0 radical (unpaired) electrons. The molecule has 0 unspecified atom stereocenters. The van der Waals surface area contributed by atoms with Gasteiger partial charge in [-0.15, -0.1) is 0 Å². The van der Waals surface area contributed by atoms with Crippen LogP contribution < -0.4 is 15.5 Å². The molecule has 32 heavy (non-hydrogen) atoms. The van der Waals surface area contributed by atoms with Crippen molar-refractivity contribution in [3.8, 4) is 0 Å². The molecule has 1 saturated heterocycles. The van der Waals surface area contributed by atoms with E-state index in [1.807, 2.05) is 25.1 Å². The number of hydrogen-bond donors (Lipinski definition) is 2. The smallest absolute Gasteiger partial charge is 0.224 e. The Morgan fingerprint density at radius 2 is 1.91 bits per heavy atom. The fourth-order valence-corrected chi connectivity index (χ4v) is 3.94. The van der Waals surface area contributed by atoms with Gasteiger partial charge in [0.15, 0.2) is 0 Å². The molecule has 0 atom stereocenters. The van der Waals surface area contributed by atoms with E-state index in [1.165, 1.54) is 12.8 Å². The zero-order valence-electron chi connectivity index (χ0n) is 19.6. The normalized spacial score (nSPS) is 14.5. The predicted octanol–water partition coefficient (Wildman–Crippen LogP) is 4.04. The van der Waals surface area contributed by atoms with Crippen molar-refractivity contribution in [1.82, 2.24) is 10.3 Å². The number of nitrogens with one attached hydrogen (secondary N) is 2. The SMILES string of the molecule is CCOCCCNC(=O)CCC(=O)Nc1ccc2nc(N3CCC(C)CC3)cc(C)c2c1. The Kier molecular flexibility index (Phi) is 8.85. The van der Waals surface area contributed by atoms with Crippen LogP contribution in [0.2, 0.25) is 0 Å². The molecule has 1 aromatic heterocycles. The third-order valence-electron chi connectivity index (χ3n) is 5.96. The summed E-state index contributed by atoms with van der Waals surface area (Å²) in [4.78, 5) is 31.4. The Morgan fingerprint density at radius 3 is 2.66 bits per heavy atom. The monoisotopic (exact) mass is 440 g/mol. The highest BCUT2D eigenvalue weighted by Crippen LogP contribution is 2.28. The molecule has 2 N–H and O–H groups in total. The van der Waals surface area contributed by atoms with E-state index in [1.54, 1.807) is 0 Å². The summed E-state index contributed by atoms with van der Waals surface area (Å²) in [5.74, 6) is 1.53. The molecular formula is C25H36N4O3. The van der Waals surface area contributed by atoms with E-state index in [9.17, 15) is 9.59 Å². The van der Waals surface area contributed by atoms with Crippen LogP contribution >= 0.6 is 0 Å². The number of amides is 2. The number of carbonyl (C=O) groups excluding carboxylic acids is 2. The molecule has 2 heterocycles. The Labute approximate surface area is 190 Å². The summed E-state index contributed by atoms with van der Waals surface area (Å²) >= 11 is 0. The number of pyridine rings is 1. The van der Waals surface area contributed by atoms with Crippen molar-refractivity contribution in [1.29, 1.82) is 0 Å². The fraction of sp³-hybridized carbons (Fsp3) is 0.560. The first-order valence-electron chi connectivity index (χ1n) is 11.8. The first-order valence-corrected chi connectivity index (χ1v) is 11.8. The number of carbonyl (C=O) groups is 2. The van der Waals surface area contributed by atoms with Crippen molar-refractivity contribution in [3.05, 3.63) is 29.8 Å². The quantitative estimate of drug-likeness (QED) is 0.545. The number of piperidine rings is 1. The third kappa shape index (κ3) is 6.92. The Bertz CT molecular complexity index is 923. The van der Waals surface area contributed by atoms with Crippen LogP contribution in [0, 0.1) is 12.8 Å². The Balaban J connectivity index is 1.53. The van der Waals surface area contributed by atoms with Crippen LogP contribution in [0.15, 0.2) is 24.3 Å². The first kappa shape index (κ1) is 24.0. The van der Waals surface area contributed by atoms with E-state index in [2.05, 4.69) is 35.4 Å². The van der Waals surface area contributed by atoms with E-state index in [4.69, 9.17) is 9.72 Å². The molecule has 1 aliphatic heterocycles. The molecule has 7 nitrogen and oxygen atoms in total. The number of hydrogen-bond acceptors (Lipinski definition) is 5. The maximum atomic E-state index is 12.3. The van der Waals surface area contributed by atoms with Gasteiger partial charge in [0.05, 0.1) is 5.52 Å². The molecule has 0 aliphatic carbocycles. The average molecular weight is 441 g/mol. The molecule has 7 heteroatoms. The zero-order valence-corrected chi connectivity index (χ0v) is 19.6. The minimum Gasteiger partial charge on any atom is -0.382 e. The minimum absolute atomic E-state index is 0.116. The summed E-state index contributed by atoms with van der Waals surface area (Å²) in [5, 5.41) is 6.75. The van der Waals surface area contributed by atoms with Crippen molar-refractivity contribution in [2.45, 2.75) is 52.9 Å². The highest BCUT2D eigenvalue weighted by molar-refractivity contribution is 5.96. The van der Waals surface area contributed by atoms with Gasteiger partial charge in [0.1, 0.15) is 5.82 Å². The molecule has 1 fully saturated rings. The van der Waals surface area contributed by atoms with Crippen LogP contribution in [0.4, 0.5) is 11.5 Å². The largest absolute Gasteiger partial charge is 0.382 e. The number of benzene rings is 1. The van der Waals surface area contributed by atoms with Crippen molar-refractivity contribution < 1.29 is 14.3 Å². The molecule has 0 bridgehead atoms. The zero-order chi connectivity index (χ0) is 22.9. The number of aromatic nitrogens is 1. The molecule has 2 amide bonds. The Hall–Kier alpha value is -2.67. The van der Waals surface area contributed by atoms with Gasteiger partial charge < -0.3 is 20.3 Å². The number of fused-ring (bicyclic) bond motifs is 1. The molecule has 0 spiro atoms. The summed E-state index contributed by atoms with van der Waals surface area (Å²) < 4.78 is 5.24. The fourth-order valence-electron chi connectivity index (χ4n) is 3.94. The van der Waals surface area contributed by atoms with Gasteiger partial charge in [-0.2, -0.15) is 0 Å². The number of anilines is 2. The van der Waals surface area contributed by atoms with Crippen LogP contribution in [0.25, 0.3) is 10.9 Å². The lowest BCUT2D eigenvalue weighted by Gasteiger charge is -2.31. The third-order valence-corrected chi connectivity index (χ3v) is 5.96. The number of nitrogens with zero attached hydrogens (tertiary/aromatic N) is 2. The van der Waals surface area contributed by atoms with Gasteiger partial charge in [0.2, 0.25) is 11.8 Å². The van der Waals surface area contributed by atoms with Gasteiger partial charge in [0.25, 0.3) is 0 Å². The van der Waals surface area contributed by atoms with E-state index < -0.39 is 0 Å². The Morgan fingerprint density at radius 1 is 1.16 bits per heavy atom. The lowest BCUT2D eigenvalue weighted by atomic mass is 9.99. The molecule has 1 aromatic carbocycles. The standard InChI is InChI=1S/C25H36N4O3/c1-4-32-15-5-12-26-24(30)8-9-25(31)27-20-6-7-22-21(17-20)19(3)16-23(28-22)29-13-10-18(2)11-14-29/h6-7,16-18H,4-5,8-15H2,1-3H3,(H,26,30)(H,27,31). The summed E-state index contributed by atoms with van der Waals surface area (Å²) in [6, 6.07) is 7.94. The van der Waals surface area contributed by atoms with Gasteiger partial charge in [-0.25, -0.2) is 4.98 Å². The van der Waals surface area contributed by atoms with Crippen LogP contribution in [-0.2, 0) is 14.3 Å². The van der Waals surface area contributed by atoms with Crippen LogP contribution in [0.5, 0.6) is 0 Å². The van der Waals surface area contributed by atoms with Gasteiger partial charge in [-0.05, 0) is 68.9 Å². The lowest BCUT2D eigenvalue weighted by Crippen LogP contribution is -2.33. The first-order chi connectivity index (χ1) is 15.5. The summed E-state index contributed by atoms with van der Waals surface area (Å²) in [7, 11) is 0. The minimum atomic E-state index is -0.168. The second-order valence-corrected chi connectivity index (χ2v) is 8.65. The van der Waals surface area contributed by atoms with Crippen LogP contribution in [0.1, 0.15) is 51.5 Å². The predicted molar refractivity (Wildman–Crippen MR) is 129 cm³/mol. The van der Waals surface area contributed by atoms with Crippen molar-refractivity contribution >= 4 is 34.2 Å². The highest BCUT2D eigenvalue weighted by Gasteiger charge is 2.18. The maximum absolute atomic E-state index is 12.3. The summed E-state index contributed by atoms with van der Waals surface area (Å²) in [6.07, 6.45) is 3.50. The van der Waals surface area contributed by atoms with Crippen LogP contribution in [0.3, 0.4) is 0 Å². The van der Waals surface area contributed by atoms with E-state index in [0.717, 1.165) is 53.4 Å². The second-order valence-electron chi connectivity index (χ2n) is 8.65. The molecule has 3 rings (SSSR count). The van der Waals surface area contributed by atoms with E-state index in [-0.39, 0.29) is 24.7 Å². The summed E-state index contributed by atoms with van der Waals surface area (Å²) in [6.45, 7) is 10.3. The molecule has 1 aliphatic rings. The second kappa shape index (κ2) is 11.8.